The summed E-state index contributed by atoms with van der Waals surface area (Å²) in [6.45, 7) is -0.0583. The van der Waals surface area contributed by atoms with Crippen LogP contribution in [0.4, 0.5) is 0 Å². The van der Waals surface area contributed by atoms with Crippen molar-refractivity contribution in [2.75, 3.05) is 5.75 Å². The summed E-state index contributed by atoms with van der Waals surface area (Å²) >= 11 is 1.46. The number of nitrogens with one attached hydrogen (secondary N) is 1. The van der Waals surface area contributed by atoms with E-state index in [1.54, 1.807) is 12.1 Å². The van der Waals surface area contributed by atoms with Gasteiger partial charge in [-0.2, -0.15) is 5.26 Å². The number of aliphatic carboxylic acids is 1. The van der Waals surface area contributed by atoms with Crippen LogP contribution < -0.4 is 5.32 Å². The van der Waals surface area contributed by atoms with Gasteiger partial charge in [0.2, 0.25) is 5.91 Å². The van der Waals surface area contributed by atoms with Crippen molar-refractivity contribution in [1.82, 2.24) is 20.3 Å². The first-order chi connectivity index (χ1) is 11.6. The summed E-state index contributed by atoms with van der Waals surface area (Å²) < 4.78 is 1.20. The van der Waals surface area contributed by atoms with Gasteiger partial charge in [0.15, 0.2) is 0 Å². The van der Waals surface area contributed by atoms with Gasteiger partial charge >= 0.3 is 5.97 Å². The molecule has 0 aliphatic carbocycles. The maximum atomic E-state index is 11.8. The Hall–Kier alpha value is -2.86. The van der Waals surface area contributed by atoms with Crippen molar-refractivity contribution in [1.29, 1.82) is 5.26 Å². The number of hydrogen-bond acceptors (Lipinski definition) is 6. The van der Waals surface area contributed by atoms with Crippen LogP contribution in [0.5, 0.6) is 0 Å². The largest absolute Gasteiger partial charge is 0.480 e. The van der Waals surface area contributed by atoms with Gasteiger partial charge in [0.05, 0.1) is 30.1 Å². The van der Waals surface area contributed by atoms with Gasteiger partial charge in [-0.05, 0) is 17.7 Å². The lowest BCUT2D eigenvalue weighted by molar-refractivity contribution is -0.137. The molecule has 0 spiro atoms. The van der Waals surface area contributed by atoms with Crippen LogP contribution in [-0.2, 0) is 28.4 Å². The van der Waals surface area contributed by atoms with Crippen LogP contribution in [0.25, 0.3) is 0 Å². The fraction of sp³-hybridized carbons (Fsp3) is 0.267. The van der Waals surface area contributed by atoms with Gasteiger partial charge in [-0.25, -0.2) is 4.68 Å². The zero-order valence-corrected chi connectivity index (χ0v) is 13.5. The quantitative estimate of drug-likeness (QED) is 0.725. The van der Waals surface area contributed by atoms with Crippen molar-refractivity contribution in [2.24, 2.45) is 0 Å². The summed E-state index contributed by atoms with van der Waals surface area (Å²) in [5.74, 6) is -0.173. The van der Waals surface area contributed by atoms with E-state index in [1.807, 2.05) is 12.1 Å². The molecule has 1 aromatic carbocycles. The maximum Gasteiger partial charge on any atom is 0.325 e. The second kappa shape index (κ2) is 8.69. The van der Waals surface area contributed by atoms with E-state index < -0.39 is 5.97 Å². The molecule has 9 heteroatoms. The van der Waals surface area contributed by atoms with Crippen molar-refractivity contribution >= 4 is 23.6 Å². The predicted octanol–water partition coefficient (Wildman–Crippen LogP) is 0.784. The summed E-state index contributed by atoms with van der Waals surface area (Å²) in [5.41, 5.74) is 2.16. The smallest absolute Gasteiger partial charge is 0.325 e. The molecule has 0 unspecified atom stereocenters. The van der Waals surface area contributed by atoms with Gasteiger partial charge in [0.25, 0.3) is 0 Å². The topological polar surface area (TPSA) is 121 Å². The molecule has 2 aromatic rings. The Balaban J connectivity index is 1.68. The molecular formula is C15H15N5O3S. The molecular weight excluding hydrogens is 330 g/mol. The lowest BCUT2D eigenvalue weighted by Gasteiger charge is -2.03. The third-order valence-corrected chi connectivity index (χ3v) is 3.94. The summed E-state index contributed by atoms with van der Waals surface area (Å²) in [5, 5.41) is 27.5. The lowest BCUT2D eigenvalue weighted by atomic mass is 10.2. The van der Waals surface area contributed by atoms with Crippen molar-refractivity contribution in [3.8, 4) is 6.07 Å². The summed E-state index contributed by atoms with van der Waals surface area (Å²) in [6, 6.07) is 9.28. The monoisotopic (exact) mass is 345 g/mol. The molecule has 0 aliphatic heterocycles. The Labute approximate surface area is 142 Å². The van der Waals surface area contributed by atoms with Gasteiger partial charge < -0.3 is 10.4 Å². The Morgan fingerprint density at radius 1 is 1.33 bits per heavy atom. The predicted molar refractivity (Wildman–Crippen MR) is 86.8 cm³/mol. The van der Waals surface area contributed by atoms with Crippen molar-refractivity contribution < 1.29 is 14.7 Å². The molecule has 2 rings (SSSR count). The number of amides is 1. The minimum absolute atomic E-state index is 0.138. The normalized spacial score (nSPS) is 10.1. The summed E-state index contributed by atoms with van der Waals surface area (Å²) in [7, 11) is 0. The van der Waals surface area contributed by atoms with E-state index in [0.717, 1.165) is 5.56 Å². The Bertz CT molecular complexity index is 751. The van der Waals surface area contributed by atoms with E-state index in [4.69, 9.17) is 10.4 Å². The number of hydrogen-bond donors (Lipinski definition) is 2. The first-order valence-corrected chi connectivity index (χ1v) is 8.16. The van der Waals surface area contributed by atoms with Crippen LogP contribution in [0.3, 0.4) is 0 Å². The fourth-order valence-electron chi connectivity index (χ4n) is 1.81. The molecule has 0 radical (unpaired) electrons. The number of carboxylic acid groups (broad SMARTS) is 1. The minimum atomic E-state index is -1.00. The highest BCUT2D eigenvalue weighted by Crippen LogP contribution is 2.12. The van der Waals surface area contributed by atoms with Gasteiger partial charge in [-0.1, -0.05) is 17.3 Å². The highest BCUT2D eigenvalue weighted by molar-refractivity contribution is 7.99. The van der Waals surface area contributed by atoms with Gasteiger partial charge in [-0.3, -0.25) is 9.59 Å². The van der Waals surface area contributed by atoms with E-state index in [0.29, 0.717) is 22.8 Å². The minimum Gasteiger partial charge on any atom is -0.480 e. The van der Waals surface area contributed by atoms with Crippen molar-refractivity contribution in [2.45, 2.75) is 18.8 Å². The zero-order chi connectivity index (χ0) is 17.4. The van der Waals surface area contributed by atoms with Crippen LogP contribution >= 0.6 is 11.8 Å². The third kappa shape index (κ3) is 5.73. The molecule has 124 valence electrons. The van der Waals surface area contributed by atoms with Crippen LogP contribution in [0.1, 0.15) is 16.8 Å². The molecule has 0 aliphatic rings. The van der Waals surface area contributed by atoms with E-state index in [1.165, 1.54) is 22.6 Å². The van der Waals surface area contributed by atoms with Crippen LogP contribution in [-0.4, -0.2) is 37.7 Å². The van der Waals surface area contributed by atoms with E-state index >= 15 is 0 Å². The number of carboxylic acids is 1. The molecule has 1 amide bonds. The van der Waals surface area contributed by atoms with Crippen LogP contribution in [0, 0.1) is 11.3 Å². The van der Waals surface area contributed by atoms with E-state index in [9.17, 15) is 9.59 Å². The number of thioether (sulfide) groups is 1. The van der Waals surface area contributed by atoms with Crippen molar-refractivity contribution in [3.63, 3.8) is 0 Å². The molecule has 1 heterocycles. The average Bonchev–Trinajstić information content (AvgIpc) is 3.00. The number of carbonyl (C=O) groups excluding carboxylic acids is 1. The number of carbonyl (C=O) groups is 2. The Morgan fingerprint density at radius 3 is 2.75 bits per heavy atom. The number of aromatic nitrogens is 3. The van der Waals surface area contributed by atoms with Gasteiger partial charge in [-0.15, -0.1) is 16.9 Å². The Kier molecular flexibility index (Phi) is 6.33. The summed E-state index contributed by atoms with van der Waals surface area (Å²) in [4.78, 5) is 22.3. The molecule has 24 heavy (non-hydrogen) atoms. The van der Waals surface area contributed by atoms with Crippen LogP contribution in [0.2, 0.25) is 0 Å². The second-order valence-corrected chi connectivity index (χ2v) is 5.87. The van der Waals surface area contributed by atoms with E-state index in [2.05, 4.69) is 21.7 Å². The highest BCUT2D eigenvalue weighted by atomic mass is 32.2. The third-order valence-electron chi connectivity index (χ3n) is 2.93. The Morgan fingerprint density at radius 2 is 2.08 bits per heavy atom. The van der Waals surface area contributed by atoms with E-state index in [-0.39, 0.29) is 19.0 Å². The lowest BCUT2D eigenvalue weighted by Crippen LogP contribution is -2.24. The molecule has 0 atom stereocenters. The summed E-state index contributed by atoms with van der Waals surface area (Å²) in [6.07, 6.45) is 1.48. The number of nitriles is 1. The second-order valence-electron chi connectivity index (χ2n) is 4.88. The number of nitrogens with zero attached hydrogens (tertiary/aromatic N) is 4. The number of benzene rings is 1. The SMILES string of the molecule is N#Cc1ccc(CSCC(=O)NCc2cn(CC(=O)O)nn2)cc1. The van der Waals surface area contributed by atoms with Crippen LogP contribution in [0.15, 0.2) is 30.5 Å². The standard InChI is InChI=1S/C15H15N5O3S/c16-5-11-1-3-12(4-2-11)9-24-10-14(21)17-6-13-7-20(19-18-13)8-15(22)23/h1-4,7H,6,8-10H2,(H,17,21)(H,22,23). The van der Waals surface area contributed by atoms with Gasteiger partial charge in [0, 0.05) is 5.75 Å². The maximum absolute atomic E-state index is 11.8. The zero-order valence-electron chi connectivity index (χ0n) is 12.7. The number of rotatable bonds is 8. The van der Waals surface area contributed by atoms with Gasteiger partial charge in [0.1, 0.15) is 12.2 Å². The molecule has 0 bridgehead atoms. The fourth-order valence-corrected chi connectivity index (χ4v) is 2.63. The first kappa shape index (κ1) is 17.5. The molecule has 1 aromatic heterocycles. The molecule has 8 nitrogen and oxygen atoms in total. The highest BCUT2D eigenvalue weighted by Gasteiger charge is 2.07. The van der Waals surface area contributed by atoms with Crippen molar-refractivity contribution in [3.05, 3.63) is 47.3 Å². The average molecular weight is 345 g/mol. The first-order valence-electron chi connectivity index (χ1n) is 7.01. The molecule has 0 saturated heterocycles. The molecule has 0 saturated carbocycles. The molecule has 2 N–H and O–H groups in total. The molecule has 0 fully saturated rings.